The van der Waals surface area contributed by atoms with E-state index in [0.717, 1.165) is 0 Å². The van der Waals surface area contributed by atoms with Gasteiger partial charge in [-0.1, -0.05) is 0 Å². The molecular weight excluding hydrogens is 180 g/mol. The summed E-state index contributed by atoms with van der Waals surface area (Å²) < 4.78 is 4.43. The highest BCUT2D eigenvalue weighted by Crippen LogP contribution is 1.75. The van der Waals surface area contributed by atoms with E-state index in [4.69, 9.17) is 10.8 Å². The van der Waals surface area contributed by atoms with Crippen molar-refractivity contribution in [1.82, 2.24) is 5.32 Å². The predicted octanol–water partition coefficient (Wildman–Crippen LogP) is -2.31. The minimum absolute atomic E-state index is 0.282. The molecule has 0 aromatic rings. The normalized spacial score (nSPS) is 9.23. The average Bonchev–Trinajstić information content (AvgIpc) is 2.00. The van der Waals surface area contributed by atoms with Gasteiger partial charge in [-0.05, 0) is 0 Å². The summed E-state index contributed by atoms with van der Waals surface area (Å²) in [6.07, 6.45) is 0. The number of aliphatic carboxylic acids is 1. The molecule has 74 valence electrons. The van der Waals surface area contributed by atoms with Gasteiger partial charge in [-0.3, -0.25) is 9.59 Å². The van der Waals surface area contributed by atoms with Crippen molar-refractivity contribution in [2.45, 2.75) is 0 Å². The van der Waals surface area contributed by atoms with Gasteiger partial charge in [0.2, 0.25) is 11.8 Å². The zero-order valence-corrected chi connectivity index (χ0v) is 6.78. The lowest BCUT2D eigenvalue weighted by Gasteiger charge is -2.01. The molecule has 0 aromatic heterocycles. The number of carbonyl (C=O) groups excluding carboxylic acids is 2. The second kappa shape index (κ2) is 5.95. The van der Waals surface area contributed by atoms with Crippen LogP contribution in [-0.4, -0.2) is 42.6 Å². The fraction of sp³-hybridized carbons (Fsp3) is 0.500. The largest absolute Gasteiger partial charge is 0.480 e. The monoisotopic (exact) mass is 190 g/mol. The summed E-state index contributed by atoms with van der Waals surface area (Å²) in [5.74, 6) is -2.42. The van der Waals surface area contributed by atoms with E-state index < -0.39 is 31.0 Å². The SMILES string of the molecule is NC(=O)CNC(=O)COCC(=O)O. The van der Waals surface area contributed by atoms with Gasteiger partial charge in [0.25, 0.3) is 0 Å². The van der Waals surface area contributed by atoms with Crippen LogP contribution in [0.1, 0.15) is 0 Å². The molecule has 0 aliphatic heterocycles. The molecule has 0 atom stereocenters. The number of hydrogen-bond donors (Lipinski definition) is 3. The lowest BCUT2D eigenvalue weighted by atomic mass is 10.5. The third-order valence-electron chi connectivity index (χ3n) is 0.918. The molecule has 0 radical (unpaired) electrons. The Morgan fingerprint density at radius 1 is 1.31 bits per heavy atom. The van der Waals surface area contributed by atoms with Crippen LogP contribution < -0.4 is 11.1 Å². The van der Waals surface area contributed by atoms with Crippen LogP contribution in [0.15, 0.2) is 0 Å². The van der Waals surface area contributed by atoms with Crippen molar-refractivity contribution in [3.8, 4) is 0 Å². The Labute approximate surface area is 73.8 Å². The van der Waals surface area contributed by atoms with Gasteiger partial charge in [0.1, 0.15) is 13.2 Å². The molecule has 0 unspecified atom stereocenters. The predicted molar refractivity (Wildman–Crippen MR) is 40.7 cm³/mol. The highest BCUT2D eigenvalue weighted by molar-refractivity contribution is 5.84. The lowest BCUT2D eigenvalue weighted by molar-refractivity contribution is -0.143. The first-order valence-corrected chi connectivity index (χ1v) is 3.37. The Hall–Kier alpha value is -1.63. The maximum absolute atomic E-state index is 10.7. The number of carboxylic acids is 1. The Bertz CT molecular complexity index is 215. The average molecular weight is 190 g/mol. The van der Waals surface area contributed by atoms with Gasteiger partial charge in [0.05, 0.1) is 6.54 Å². The molecule has 13 heavy (non-hydrogen) atoms. The molecule has 0 saturated carbocycles. The lowest BCUT2D eigenvalue weighted by Crippen LogP contribution is -2.35. The van der Waals surface area contributed by atoms with Gasteiger partial charge >= 0.3 is 5.97 Å². The number of rotatable bonds is 6. The fourth-order valence-electron chi connectivity index (χ4n) is 0.468. The Morgan fingerprint density at radius 3 is 2.38 bits per heavy atom. The van der Waals surface area contributed by atoms with Crippen LogP contribution in [0.5, 0.6) is 0 Å². The molecule has 0 rings (SSSR count). The molecule has 0 fully saturated rings. The number of hydrogen-bond acceptors (Lipinski definition) is 4. The van der Waals surface area contributed by atoms with E-state index in [-0.39, 0.29) is 6.54 Å². The molecule has 2 amide bonds. The number of nitrogens with one attached hydrogen (secondary N) is 1. The van der Waals surface area contributed by atoms with Crippen molar-refractivity contribution < 1.29 is 24.2 Å². The maximum Gasteiger partial charge on any atom is 0.329 e. The van der Waals surface area contributed by atoms with Gasteiger partial charge in [0.15, 0.2) is 0 Å². The minimum Gasteiger partial charge on any atom is -0.480 e. The first-order valence-electron chi connectivity index (χ1n) is 3.37. The van der Waals surface area contributed by atoms with Crippen molar-refractivity contribution in [2.24, 2.45) is 5.73 Å². The van der Waals surface area contributed by atoms with E-state index in [9.17, 15) is 14.4 Å². The van der Waals surface area contributed by atoms with Crippen LogP contribution in [0.3, 0.4) is 0 Å². The smallest absolute Gasteiger partial charge is 0.329 e. The second-order valence-electron chi connectivity index (χ2n) is 2.13. The Balaban J connectivity index is 3.41. The van der Waals surface area contributed by atoms with Crippen molar-refractivity contribution >= 4 is 17.8 Å². The van der Waals surface area contributed by atoms with Crippen molar-refractivity contribution in [3.05, 3.63) is 0 Å². The van der Waals surface area contributed by atoms with Crippen LogP contribution in [0.2, 0.25) is 0 Å². The fourth-order valence-corrected chi connectivity index (χ4v) is 0.468. The number of ether oxygens (including phenoxy) is 1. The van der Waals surface area contributed by atoms with Gasteiger partial charge < -0.3 is 20.9 Å². The second-order valence-corrected chi connectivity index (χ2v) is 2.13. The molecule has 7 nitrogen and oxygen atoms in total. The highest BCUT2D eigenvalue weighted by Gasteiger charge is 2.03. The molecule has 0 bridgehead atoms. The molecule has 0 heterocycles. The van der Waals surface area contributed by atoms with Gasteiger partial charge in [-0.2, -0.15) is 0 Å². The molecule has 4 N–H and O–H groups in total. The maximum atomic E-state index is 10.7. The summed E-state index contributed by atoms with van der Waals surface area (Å²) in [6, 6.07) is 0. The van der Waals surface area contributed by atoms with Crippen molar-refractivity contribution in [2.75, 3.05) is 19.8 Å². The van der Waals surface area contributed by atoms with E-state index in [2.05, 4.69) is 10.1 Å². The van der Waals surface area contributed by atoms with Crippen LogP contribution in [0, 0.1) is 0 Å². The van der Waals surface area contributed by atoms with Crippen LogP contribution in [0.25, 0.3) is 0 Å². The summed E-state index contributed by atoms with van der Waals surface area (Å²) >= 11 is 0. The van der Waals surface area contributed by atoms with Crippen molar-refractivity contribution in [1.29, 1.82) is 0 Å². The summed E-state index contributed by atoms with van der Waals surface area (Å²) in [4.78, 5) is 30.8. The minimum atomic E-state index is -1.16. The standard InChI is InChI=1S/C6H10N2O5/c7-4(9)1-8-5(10)2-13-3-6(11)12/h1-3H2,(H2,7,9)(H,8,10)(H,11,12). The van der Waals surface area contributed by atoms with Gasteiger partial charge in [0, 0.05) is 0 Å². The molecule has 0 aliphatic carbocycles. The topological polar surface area (TPSA) is 119 Å². The van der Waals surface area contributed by atoms with Crippen molar-refractivity contribution in [3.63, 3.8) is 0 Å². The number of nitrogens with two attached hydrogens (primary N) is 1. The molecule has 0 aliphatic rings. The third-order valence-corrected chi connectivity index (χ3v) is 0.918. The molecule has 0 saturated heterocycles. The van der Waals surface area contributed by atoms with Crippen LogP contribution in [0.4, 0.5) is 0 Å². The van der Waals surface area contributed by atoms with E-state index >= 15 is 0 Å². The quantitative estimate of drug-likeness (QED) is 0.434. The Morgan fingerprint density at radius 2 is 1.92 bits per heavy atom. The zero-order chi connectivity index (χ0) is 10.3. The summed E-state index contributed by atoms with van der Waals surface area (Å²) in [7, 11) is 0. The molecule has 7 heteroatoms. The number of amides is 2. The summed E-state index contributed by atoms with van der Waals surface area (Å²) in [6.45, 7) is -1.24. The summed E-state index contributed by atoms with van der Waals surface area (Å²) in [5.41, 5.74) is 4.73. The molecule has 0 spiro atoms. The van der Waals surface area contributed by atoms with Gasteiger partial charge in [-0.25, -0.2) is 4.79 Å². The molecular formula is C6H10N2O5. The number of carboxylic acid groups (broad SMARTS) is 1. The first-order chi connectivity index (χ1) is 6.02. The van der Waals surface area contributed by atoms with E-state index in [1.54, 1.807) is 0 Å². The van der Waals surface area contributed by atoms with E-state index in [1.165, 1.54) is 0 Å². The van der Waals surface area contributed by atoms with Gasteiger partial charge in [-0.15, -0.1) is 0 Å². The first kappa shape index (κ1) is 11.4. The molecule has 0 aromatic carbocycles. The number of primary amides is 1. The van der Waals surface area contributed by atoms with E-state index in [1.807, 2.05) is 0 Å². The third kappa shape index (κ3) is 8.27. The van der Waals surface area contributed by atoms with Crippen LogP contribution >= 0.6 is 0 Å². The highest BCUT2D eigenvalue weighted by atomic mass is 16.5. The zero-order valence-electron chi connectivity index (χ0n) is 6.78. The van der Waals surface area contributed by atoms with E-state index in [0.29, 0.717) is 0 Å². The van der Waals surface area contributed by atoms with Crippen LogP contribution in [-0.2, 0) is 19.1 Å². The number of carbonyl (C=O) groups is 3. The summed E-state index contributed by atoms with van der Waals surface area (Å²) in [5, 5.41) is 10.2. The Kier molecular flexibility index (Phi) is 5.20.